The van der Waals surface area contributed by atoms with Crippen LogP contribution in [0.25, 0.3) is 10.9 Å². The molecule has 192 valence electrons. The Kier molecular flexibility index (Phi) is 7.43. The fourth-order valence-corrected chi connectivity index (χ4v) is 5.35. The topological polar surface area (TPSA) is 71.8 Å². The van der Waals surface area contributed by atoms with Gasteiger partial charge in [-0.1, -0.05) is 23.2 Å². The fourth-order valence-electron chi connectivity index (χ4n) is 4.78. The van der Waals surface area contributed by atoms with Crippen LogP contribution in [0, 0.1) is 6.92 Å². The lowest BCUT2D eigenvalue weighted by Gasteiger charge is -2.35. The van der Waals surface area contributed by atoms with Crippen LogP contribution >= 0.6 is 23.2 Å². The van der Waals surface area contributed by atoms with Gasteiger partial charge in [-0.05, 0) is 62.1 Å². The second-order valence-electron chi connectivity index (χ2n) is 8.80. The van der Waals surface area contributed by atoms with Crippen molar-refractivity contribution in [3.63, 3.8) is 0 Å². The summed E-state index contributed by atoms with van der Waals surface area (Å²) in [5.41, 5.74) is 1.93. The number of aryl methyl sites for hydroxylation is 1. The maximum absolute atomic E-state index is 13.4. The maximum Gasteiger partial charge on any atom is 0.573 e. The smallest absolute Gasteiger partial charge is 0.481 e. The monoisotopic (exact) mass is 542 g/mol. The van der Waals surface area contributed by atoms with Gasteiger partial charge in [0.2, 0.25) is 0 Å². The van der Waals surface area contributed by atoms with E-state index in [1.807, 2.05) is 0 Å². The predicted molar refractivity (Wildman–Crippen MR) is 130 cm³/mol. The second kappa shape index (κ2) is 10.2. The zero-order valence-electron chi connectivity index (χ0n) is 19.2. The molecular formula is C25H23Cl2F3N2O4. The number of carbonyl (C=O) groups excluding carboxylic acids is 1. The van der Waals surface area contributed by atoms with Crippen LogP contribution in [0.2, 0.25) is 10.0 Å². The van der Waals surface area contributed by atoms with Crippen LogP contribution in [-0.2, 0) is 11.3 Å². The molecule has 0 radical (unpaired) electrons. The molecule has 1 N–H and O–H groups in total. The molecule has 3 aromatic rings. The quantitative estimate of drug-likeness (QED) is 0.377. The van der Waals surface area contributed by atoms with Gasteiger partial charge >= 0.3 is 12.3 Å². The number of hydrogen-bond donors (Lipinski definition) is 1. The first-order valence-electron chi connectivity index (χ1n) is 11.3. The molecule has 1 aliphatic heterocycles. The van der Waals surface area contributed by atoms with Crippen LogP contribution in [-0.4, -0.2) is 45.4 Å². The molecule has 1 fully saturated rings. The third-order valence-electron chi connectivity index (χ3n) is 6.30. The van der Waals surface area contributed by atoms with E-state index >= 15 is 0 Å². The van der Waals surface area contributed by atoms with Gasteiger partial charge in [0, 0.05) is 34.8 Å². The minimum Gasteiger partial charge on any atom is -0.481 e. The molecule has 11 heteroatoms. The summed E-state index contributed by atoms with van der Waals surface area (Å²) in [7, 11) is 0. The van der Waals surface area contributed by atoms with Crippen molar-refractivity contribution in [2.45, 2.75) is 51.6 Å². The van der Waals surface area contributed by atoms with Crippen molar-refractivity contribution in [3.05, 3.63) is 63.3 Å². The number of alkyl halides is 3. The van der Waals surface area contributed by atoms with Crippen LogP contribution in [0.3, 0.4) is 0 Å². The first kappa shape index (κ1) is 26.2. The van der Waals surface area contributed by atoms with E-state index in [1.54, 1.807) is 34.7 Å². The molecule has 36 heavy (non-hydrogen) atoms. The molecule has 1 aliphatic rings. The second-order valence-corrected chi connectivity index (χ2v) is 9.59. The number of rotatable bonds is 6. The lowest BCUT2D eigenvalue weighted by atomic mass is 9.97. The summed E-state index contributed by atoms with van der Waals surface area (Å²) in [6, 6.07) is 6.95. The van der Waals surface area contributed by atoms with E-state index in [0.29, 0.717) is 40.0 Å². The molecule has 2 aromatic carbocycles. The van der Waals surface area contributed by atoms with E-state index in [1.165, 1.54) is 18.2 Å². The lowest BCUT2D eigenvalue weighted by molar-refractivity contribution is -0.274. The highest BCUT2D eigenvalue weighted by atomic mass is 35.5. The Morgan fingerprint density at radius 2 is 1.92 bits per heavy atom. The van der Waals surface area contributed by atoms with E-state index in [0.717, 1.165) is 12.8 Å². The highest BCUT2D eigenvalue weighted by molar-refractivity contribution is 6.38. The number of carbonyl (C=O) groups is 2. The zero-order valence-corrected chi connectivity index (χ0v) is 20.8. The van der Waals surface area contributed by atoms with Gasteiger partial charge in [0.15, 0.2) is 0 Å². The molecule has 1 unspecified atom stereocenters. The van der Waals surface area contributed by atoms with E-state index in [2.05, 4.69) is 4.74 Å². The minimum atomic E-state index is -4.80. The molecule has 1 saturated heterocycles. The number of piperidine rings is 1. The number of benzene rings is 2. The molecule has 4 rings (SSSR count). The molecule has 0 bridgehead atoms. The van der Waals surface area contributed by atoms with Crippen molar-refractivity contribution >= 4 is 46.0 Å². The fraction of sp³-hybridized carbons (Fsp3) is 0.360. The summed E-state index contributed by atoms with van der Waals surface area (Å²) in [4.78, 5) is 26.2. The third kappa shape index (κ3) is 5.57. The van der Waals surface area contributed by atoms with Crippen LogP contribution in [0.4, 0.5) is 13.2 Å². The molecule has 0 spiro atoms. The SMILES string of the molecule is Cc1cc(OC(F)(F)F)cc2ccn(Cc3c(Cl)ccc(C(=O)N4CCCCC4CC(=O)O)c3Cl)c12. The van der Waals surface area contributed by atoms with Crippen molar-refractivity contribution in [2.75, 3.05) is 6.54 Å². The van der Waals surface area contributed by atoms with Gasteiger partial charge in [-0.25, -0.2) is 0 Å². The van der Waals surface area contributed by atoms with Crippen LogP contribution in [0.15, 0.2) is 36.5 Å². The first-order valence-corrected chi connectivity index (χ1v) is 12.0. The van der Waals surface area contributed by atoms with E-state index in [4.69, 9.17) is 23.2 Å². The largest absolute Gasteiger partial charge is 0.573 e. The Morgan fingerprint density at radius 1 is 1.17 bits per heavy atom. The molecule has 2 heterocycles. The van der Waals surface area contributed by atoms with Crippen molar-refractivity contribution in [1.82, 2.24) is 9.47 Å². The Morgan fingerprint density at radius 3 is 2.61 bits per heavy atom. The number of carboxylic acid groups (broad SMARTS) is 1. The number of halogens is 5. The number of carboxylic acids is 1. The van der Waals surface area contributed by atoms with Gasteiger partial charge in [-0.3, -0.25) is 9.59 Å². The van der Waals surface area contributed by atoms with Crippen molar-refractivity contribution < 1.29 is 32.6 Å². The number of likely N-dealkylation sites (tertiary alicyclic amines) is 1. The zero-order chi connectivity index (χ0) is 26.2. The summed E-state index contributed by atoms with van der Waals surface area (Å²) < 4.78 is 43.8. The van der Waals surface area contributed by atoms with Gasteiger partial charge in [0.05, 0.1) is 29.1 Å². The highest BCUT2D eigenvalue weighted by Crippen LogP contribution is 2.34. The van der Waals surface area contributed by atoms with Crippen molar-refractivity contribution in [3.8, 4) is 5.75 Å². The number of nitrogens with zero attached hydrogens (tertiary/aromatic N) is 2. The van der Waals surface area contributed by atoms with Gasteiger partial charge in [-0.2, -0.15) is 0 Å². The number of aromatic nitrogens is 1. The first-order chi connectivity index (χ1) is 16.9. The standard InChI is InChI=1S/C25H23Cl2F3N2O4/c1-14-10-17(36-25(28,29)30)11-15-7-9-31(23(14)15)13-19-20(26)6-5-18(22(19)27)24(35)32-8-3-2-4-16(32)12-21(33)34/h5-7,9-11,16H,2-4,8,12-13H2,1H3,(H,33,34). The number of fused-ring (bicyclic) bond motifs is 1. The van der Waals surface area contributed by atoms with Crippen molar-refractivity contribution in [2.24, 2.45) is 0 Å². The summed E-state index contributed by atoms with van der Waals surface area (Å²) >= 11 is 13.1. The third-order valence-corrected chi connectivity index (χ3v) is 7.09. The molecule has 0 aliphatic carbocycles. The summed E-state index contributed by atoms with van der Waals surface area (Å²) in [6.45, 7) is 2.28. The Balaban J connectivity index is 1.66. The summed E-state index contributed by atoms with van der Waals surface area (Å²) in [5.74, 6) is -1.64. The van der Waals surface area contributed by atoms with Gasteiger partial charge in [-0.15, -0.1) is 13.2 Å². The van der Waals surface area contributed by atoms with Gasteiger partial charge < -0.3 is 19.3 Å². The molecule has 1 atom stereocenters. The molecule has 1 amide bonds. The molecular weight excluding hydrogens is 520 g/mol. The maximum atomic E-state index is 13.4. The van der Waals surface area contributed by atoms with Gasteiger partial charge in [0.1, 0.15) is 5.75 Å². The normalized spacial score (nSPS) is 16.4. The molecule has 6 nitrogen and oxygen atoms in total. The van der Waals surface area contributed by atoms with Crippen LogP contribution in [0.5, 0.6) is 5.75 Å². The Hall–Kier alpha value is -2.91. The van der Waals surface area contributed by atoms with Crippen LogP contribution < -0.4 is 4.74 Å². The molecule has 1 aromatic heterocycles. The van der Waals surface area contributed by atoms with E-state index in [-0.39, 0.29) is 35.2 Å². The molecule has 0 saturated carbocycles. The number of hydrogen-bond acceptors (Lipinski definition) is 3. The number of amides is 1. The number of ether oxygens (including phenoxy) is 1. The lowest BCUT2D eigenvalue weighted by Crippen LogP contribution is -2.44. The Bertz CT molecular complexity index is 1320. The van der Waals surface area contributed by atoms with Crippen LogP contribution in [0.1, 0.15) is 47.2 Å². The van der Waals surface area contributed by atoms with Crippen molar-refractivity contribution in [1.29, 1.82) is 0 Å². The summed E-state index contributed by atoms with van der Waals surface area (Å²) in [5, 5.41) is 10.3. The highest BCUT2D eigenvalue weighted by Gasteiger charge is 2.32. The average Bonchev–Trinajstić information content (AvgIpc) is 3.18. The predicted octanol–water partition coefficient (Wildman–Crippen LogP) is 6.67. The minimum absolute atomic E-state index is 0.140. The summed E-state index contributed by atoms with van der Waals surface area (Å²) in [6.07, 6.45) is -1.02. The van der Waals surface area contributed by atoms with E-state index in [9.17, 15) is 27.9 Å². The van der Waals surface area contributed by atoms with Gasteiger partial charge in [0.25, 0.3) is 5.91 Å². The average molecular weight is 543 g/mol. The van der Waals surface area contributed by atoms with E-state index < -0.39 is 18.4 Å². The number of aliphatic carboxylic acids is 1. The Labute approximate surface area is 215 Å².